The number of rotatable bonds is 4. The predicted octanol–water partition coefficient (Wildman–Crippen LogP) is 3.34. The minimum atomic E-state index is -1.56. The molecule has 35 heavy (non-hydrogen) atoms. The van der Waals surface area contributed by atoms with Crippen LogP contribution in [0.15, 0.2) is 78.2 Å². The lowest BCUT2D eigenvalue weighted by molar-refractivity contribution is 0.312. The minimum absolute atomic E-state index is 0.614. The second-order valence-electron chi connectivity index (χ2n) is 8.82. The molecule has 0 aliphatic carbocycles. The van der Waals surface area contributed by atoms with Crippen molar-refractivity contribution in [2.75, 3.05) is 38.1 Å². The zero-order valence-corrected chi connectivity index (χ0v) is 20.2. The maximum atomic E-state index is 12.0. The van der Waals surface area contributed by atoms with E-state index in [0.29, 0.717) is 4.90 Å². The van der Waals surface area contributed by atoms with Crippen LogP contribution in [0.25, 0.3) is 38.7 Å². The summed E-state index contributed by atoms with van der Waals surface area (Å²) in [5.74, 6) is 1.01. The Balaban J connectivity index is 1.34. The number of anilines is 1. The van der Waals surface area contributed by atoms with E-state index in [1.54, 1.807) is 4.52 Å². The summed E-state index contributed by atoms with van der Waals surface area (Å²) in [5.41, 5.74) is 4.58. The molecule has 176 valence electrons. The van der Waals surface area contributed by atoms with E-state index in [0.717, 1.165) is 70.7 Å². The lowest BCUT2D eigenvalue weighted by Gasteiger charge is -2.33. The van der Waals surface area contributed by atoms with Gasteiger partial charge < -0.3 is 14.4 Å². The number of benzene rings is 2. The van der Waals surface area contributed by atoms with E-state index in [1.165, 1.54) is 0 Å². The van der Waals surface area contributed by atoms with E-state index in [9.17, 15) is 4.55 Å². The SMILES string of the molecule is CN1CCN(c2ccc(-c3cnc4c(-c5ccc([S+](N)[O-])c6ccccc56)cnn4c3)cn2)CC1. The Morgan fingerprint density at radius 3 is 2.34 bits per heavy atom. The third-order valence-corrected chi connectivity index (χ3v) is 7.45. The zero-order chi connectivity index (χ0) is 23.9. The molecule has 2 N–H and O–H groups in total. The van der Waals surface area contributed by atoms with Crippen molar-refractivity contribution in [3.63, 3.8) is 0 Å². The molecule has 8 nitrogen and oxygen atoms in total. The highest BCUT2D eigenvalue weighted by Gasteiger charge is 2.18. The monoisotopic (exact) mass is 483 g/mol. The molecule has 6 rings (SSSR count). The maximum Gasteiger partial charge on any atom is 0.181 e. The summed E-state index contributed by atoms with van der Waals surface area (Å²) in [4.78, 5) is 14.7. The fourth-order valence-electron chi connectivity index (χ4n) is 4.67. The van der Waals surface area contributed by atoms with Crippen LogP contribution in [0.5, 0.6) is 0 Å². The molecule has 0 saturated carbocycles. The second kappa shape index (κ2) is 8.94. The molecule has 2 aromatic carbocycles. The van der Waals surface area contributed by atoms with E-state index in [4.69, 9.17) is 15.1 Å². The Morgan fingerprint density at radius 1 is 0.829 bits per heavy atom. The fourth-order valence-corrected chi connectivity index (χ4v) is 5.27. The molecule has 5 aromatic rings. The van der Waals surface area contributed by atoms with Gasteiger partial charge in [-0.25, -0.2) is 14.5 Å². The van der Waals surface area contributed by atoms with Crippen molar-refractivity contribution in [1.82, 2.24) is 24.5 Å². The molecule has 1 unspecified atom stereocenters. The van der Waals surface area contributed by atoms with Crippen LogP contribution in [0.3, 0.4) is 0 Å². The van der Waals surface area contributed by atoms with Crippen LogP contribution in [0, 0.1) is 0 Å². The summed E-state index contributed by atoms with van der Waals surface area (Å²) in [7, 11) is 2.15. The highest BCUT2D eigenvalue weighted by atomic mass is 32.2. The molecule has 1 atom stereocenters. The maximum absolute atomic E-state index is 12.0. The first kappa shape index (κ1) is 22.0. The van der Waals surface area contributed by atoms with Gasteiger partial charge in [-0.3, -0.25) is 0 Å². The molecule has 0 amide bonds. The molecule has 1 fully saturated rings. The molecular weight excluding hydrogens is 458 g/mol. The third kappa shape index (κ3) is 4.02. The standard InChI is InChI=1S/C26H25N7OS/c1-31-10-12-32(13-11-31)25-9-6-18(14-28-25)19-15-29-26-23(16-30-33(26)17-19)21-7-8-24(35(27)34)22-5-3-2-4-20(21)22/h2-9,14-17H,10-13,27H2,1H3. The number of aromatic nitrogens is 4. The minimum Gasteiger partial charge on any atom is -0.593 e. The molecule has 3 aromatic heterocycles. The van der Waals surface area contributed by atoms with Gasteiger partial charge in [0.05, 0.1) is 17.6 Å². The van der Waals surface area contributed by atoms with Crippen LogP contribution in [0.1, 0.15) is 0 Å². The molecule has 0 spiro atoms. The molecule has 1 aliphatic rings. The second-order valence-corrected chi connectivity index (χ2v) is 9.85. The number of pyridine rings is 1. The summed E-state index contributed by atoms with van der Waals surface area (Å²) in [6.45, 7) is 4.08. The lowest BCUT2D eigenvalue weighted by Crippen LogP contribution is -2.44. The Hall–Kier alpha value is -3.50. The van der Waals surface area contributed by atoms with Crippen LogP contribution in [0.2, 0.25) is 0 Å². The van der Waals surface area contributed by atoms with E-state index < -0.39 is 11.4 Å². The Morgan fingerprint density at radius 2 is 1.60 bits per heavy atom. The smallest absolute Gasteiger partial charge is 0.181 e. The van der Waals surface area contributed by atoms with Gasteiger partial charge >= 0.3 is 0 Å². The van der Waals surface area contributed by atoms with Crippen LogP contribution >= 0.6 is 0 Å². The summed E-state index contributed by atoms with van der Waals surface area (Å²) < 4.78 is 13.8. The van der Waals surface area contributed by atoms with Gasteiger partial charge in [-0.1, -0.05) is 18.2 Å². The molecule has 4 heterocycles. The Bertz CT molecular complexity index is 1510. The number of hydrogen-bond acceptors (Lipinski definition) is 7. The van der Waals surface area contributed by atoms with Crippen molar-refractivity contribution in [2.45, 2.75) is 4.90 Å². The summed E-state index contributed by atoms with van der Waals surface area (Å²) in [6.07, 6.45) is 7.56. The van der Waals surface area contributed by atoms with Gasteiger partial charge in [0.15, 0.2) is 10.5 Å². The number of hydrogen-bond donors (Lipinski definition) is 1. The van der Waals surface area contributed by atoms with Gasteiger partial charge in [-0.05, 0) is 48.3 Å². The molecule has 0 bridgehead atoms. The molecule has 0 radical (unpaired) electrons. The van der Waals surface area contributed by atoms with Crippen molar-refractivity contribution in [1.29, 1.82) is 0 Å². The van der Waals surface area contributed by atoms with Gasteiger partial charge in [0.25, 0.3) is 0 Å². The van der Waals surface area contributed by atoms with Crippen LogP contribution < -0.4 is 10.0 Å². The van der Waals surface area contributed by atoms with Gasteiger partial charge in [0.2, 0.25) is 0 Å². The van der Waals surface area contributed by atoms with Gasteiger partial charge in [0.1, 0.15) is 5.82 Å². The molecule has 1 aliphatic heterocycles. The first-order valence-corrected chi connectivity index (χ1v) is 12.7. The zero-order valence-electron chi connectivity index (χ0n) is 19.3. The molecule has 9 heteroatoms. The highest BCUT2D eigenvalue weighted by Crippen LogP contribution is 2.34. The van der Waals surface area contributed by atoms with E-state index in [2.05, 4.69) is 34.1 Å². The van der Waals surface area contributed by atoms with Gasteiger partial charge in [-0.15, -0.1) is 5.14 Å². The number of likely N-dealkylation sites (N-methyl/N-ethyl adjacent to an activating group) is 1. The van der Waals surface area contributed by atoms with Crippen LogP contribution in [0.4, 0.5) is 5.82 Å². The number of nitrogens with zero attached hydrogens (tertiary/aromatic N) is 6. The molecular formula is C26H25N7OS. The Labute approximate surface area is 206 Å². The first-order valence-electron chi connectivity index (χ1n) is 11.5. The third-order valence-electron chi connectivity index (χ3n) is 6.66. The summed E-state index contributed by atoms with van der Waals surface area (Å²) in [5, 5.41) is 12.1. The predicted molar refractivity (Wildman–Crippen MR) is 139 cm³/mol. The Kier molecular flexibility index (Phi) is 5.62. The van der Waals surface area contributed by atoms with Crippen molar-refractivity contribution in [3.8, 4) is 22.3 Å². The van der Waals surface area contributed by atoms with Crippen molar-refractivity contribution in [3.05, 3.63) is 73.3 Å². The van der Waals surface area contributed by atoms with Crippen LogP contribution in [-0.4, -0.2) is 62.3 Å². The van der Waals surface area contributed by atoms with Crippen molar-refractivity contribution in [2.24, 2.45) is 5.14 Å². The highest BCUT2D eigenvalue weighted by molar-refractivity contribution is 7.89. The first-order chi connectivity index (χ1) is 17.1. The average Bonchev–Trinajstić information content (AvgIpc) is 3.31. The lowest BCUT2D eigenvalue weighted by atomic mass is 10.00. The van der Waals surface area contributed by atoms with Gasteiger partial charge in [-0.2, -0.15) is 5.10 Å². The summed E-state index contributed by atoms with van der Waals surface area (Å²) in [6, 6.07) is 15.8. The van der Waals surface area contributed by atoms with E-state index in [1.807, 2.05) is 61.2 Å². The quantitative estimate of drug-likeness (QED) is 0.392. The largest absolute Gasteiger partial charge is 0.593 e. The summed E-state index contributed by atoms with van der Waals surface area (Å²) >= 11 is -1.56. The van der Waals surface area contributed by atoms with Gasteiger partial charge in [0, 0.05) is 66.8 Å². The number of piperazine rings is 1. The van der Waals surface area contributed by atoms with Crippen molar-refractivity contribution >= 4 is 33.6 Å². The average molecular weight is 484 g/mol. The fraction of sp³-hybridized carbons (Fsp3) is 0.192. The molecule has 1 saturated heterocycles. The topological polar surface area (TPSA) is 98.6 Å². The van der Waals surface area contributed by atoms with E-state index >= 15 is 0 Å². The van der Waals surface area contributed by atoms with Crippen LogP contribution in [-0.2, 0) is 11.4 Å². The number of nitrogens with two attached hydrogens (primary N) is 1. The normalized spacial score (nSPS) is 15.7. The van der Waals surface area contributed by atoms with E-state index in [-0.39, 0.29) is 0 Å². The number of fused-ring (bicyclic) bond motifs is 2. The van der Waals surface area contributed by atoms with Crippen molar-refractivity contribution < 1.29 is 4.55 Å².